The van der Waals surface area contributed by atoms with Crippen molar-refractivity contribution in [3.8, 4) is 5.75 Å². The van der Waals surface area contributed by atoms with Crippen LogP contribution >= 0.6 is 11.6 Å². The van der Waals surface area contributed by atoms with Crippen molar-refractivity contribution in [1.82, 2.24) is 0 Å². The zero-order valence-corrected chi connectivity index (χ0v) is 19.4. The summed E-state index contributed by atoms with van der Waals surface area (Å²) in [6.07, 6.45) is 0. The predicted octanol–water partition coefficient (Wildman–Crippen LogP) is 4.80. The summed E-state index contributed by atoms with van der Waals surface area (Å²) in [6.45, 7) is 2.38. The van der Waals surface area contributed by atoms with E-state index in [1.54, 1.807) is 60.5 Å². The topological polar surface area (TPSA) is 79.0 Å². The number of anilines is 3. The van der Waals surface area contributed by atoms with Gasteiger partial charge < -0.3 is 15.0 Å². The lowest BCUT2D eigenvalue weighted by Gasteiger charge is -2.18. The van der Waals surface area contributed by atoms with E-state index in [1.807, 2.05) is 37.3 Å². The fraction of sp³-hybridized carbons (Fsp3) is 0.115. The van der Waals surface area contributed by atoms with Gasteiger partial charge >= 0.3 is 0 Å². The van der Waals surface area contributed by atoms with Crippen molar-refractivity contribution in [3.05, 3.63) is 95.2 Å². The first-order valence-corrected chi connectivity index (χ1v) is 11.0. The molecule has 3 aromatic rings. The second kappa shape index (κ2) is 9.80. The summed E-state index contributed by atoms with van der Waals surface area (Å²) in [7, 11) is 1.70. The molecule has 0 saturated carbocycles. The second-order valence-electron chi connectivity index (χ2n) is 7.46. The molecule has 8 heteroatoms. The Balaban J connectivity index is 1.48. The van der Waals surface area contributed by atoms with Crippen LogP contribution in [-0.4, -0.2) is 31.4 Å². The van der Waals surface area contributed by atoms with E-state index in [2.05, 4.69) is 5.32 Å². The minimum Gasteiger partial charge on any atom is -0.494 e. The highest BCUT2D eigenvalue weighted by Crippen LogP contribution is 2.31. The smallest absolute Gasteiger partial charge is 0.283 e. The number of hydrogen-bond donors (Lipinski definition) is 1. The number of amides is 3. The van der Waals surface area contributed by atoms with Crippen molar-refractivity contribution in [1.29, 1.82) is 0 Å². The van der Waals surface area contributed by atoms with Crippen LogP contribution in [0.5, 0.6) is 5.75 Å². The molecule has 0 bridgehead atoms. The number of para-hydroxylation sites is 1. The van der Waals surface area contributed by atoms with E-state index in [-0.39, 0.29) is 16.6 Å². The molecule has 0 aromatic heterocycles. The quantitative estimate of drug-likeness (QED) is 0.497. The molecule has 0 unspecified atom stereocenters. The molecule has 3 aromatic carbocycles. The van der Waals surface area contributed by atoms with Gasteiger partial charge in [0.25, 0.3) is 17.7 Å². The largest absolute Gasteiger partial charge is 0.494 e. The Labute approximate surface area is 202 Å². The van der Waals surface area contributed by atoms with E-state index in [1.165, 1.54) is 0 Å². The molecule has 34 heavy (non-hydrogen) atoms. The van der Waals surface area contributed by atoms with Gasteiger partial charge in [0.15, 0.2) is 0 Å². The normalized spacial score (nSPS) is 13.3. The van der Waals surface area contributed by atoms with E-state index in [0.717, 1.165) is 10.6 Å². The Morgan fingerprint density at radius 1 is 0.941 bits per heavy atom. The Hall–Kier alpha value is -4.10. The van der Waals surface area contributed by atoms with Crippen LogP contribution in [0, 0.1) is 0 Å². The van der Waals surface area contributed by atoms with Crippen LogP contribution in [0.25, 0.3) is 0 Å². The number of ether oxygens (including phenoxy) is 1. The van der Waals surface area contributed by atoms with Gasteiger partial charge in [0.2, 0.25) is 0 Å². The fourth-order valence-corrected chi connectivity index (χ4v) is 3.72. The first kappa shape index (κ1) is 23.1. The summed E-state index contributed by atoms with van der Waals surface area (Å²) in [5.74, 6) is -0.725. The van der Waals surface area contributed by atoms with Crippen LogP contribution in [0.1, 0.15) is 17.3 Å². The first-order chi connectivity index (χ1) is 16.4. The number of carbonyl (C=O) groups excluding carboxylic acids is 3. The molecule has 7 nitrogen and oxygen atoms in total. The molecule has 1 aliphatic heterocycles. The van der Waals surface area contributed by atoms with Gasteiger partial charge in [0.1, 0.15) is 16.5 Å². The van der Waals surface area contributed by atoms with E-state index < -0.39 is 11.8 Å². The maximum absolute atomic E-state index is 13.0. The van der Waals surface area contributed by atoms with Gasteiger partial charge in [-0.25, -0.2) is 4.90 Å². The van der Waals surface area contributed by atoms with Crippen molar-refractivity contribution in [3.63, 3.8) is 0 Å². The standard InChI is InChI=1S/C26H22ClN3O4/c1-3-34-21-15-13-20(14-16-21)30-25(32)22(27)23(26(30)33)28-18-11-9-17(10-12-18)24(31)29(2)19-7-5-4-6-8-19/h4-16,28H,3H2,1-2H3. The summed E-state index contributed by atoms with van der Waals surface area (Å²) >= 11 is 6.21. The number of imide groups is 1. The van der Waals surface area contributed by atoms with E-state index >= 15 is 0 Å². The lowest BCUT2D eigenvalue weighted by atomic mass is 10.1. The molecule has 0 saturated heterocycles. The van der Waals surface area contributed by atoms with Crippen LogP contribution in [0.15, 0.2) is 89.6 Å². The number of benzene rings is 3. The van der Waals surface area contributed by atoms with Crippen molar-refractivity contribution in [2.24, 2.45) is 0 Å². The van der Waals surface area contributed by atoms with Gasteiger partial charge in [0, 0.05) is 24.0 Å². The number of nitrogens with zero attached hydrogens (tertiary/aromatic N) is 2. The number of nitrogens with one attached hydrogen (secondary N) is 1. The van der Waals surface area contributed by atoms with Crippen LogP contribution < -0.4 is 19.9 Å². The molecule has 0 fully saturated rings. The molecule has 172 valence electrons. The Bertz CT molecular complexity index is 1260. The van der Waals surface area contributed by atoms with Gasteiger partial charge in [-0.3, -0.25) is 14.4 Å². The highest BCUT2D eigenvalue weighted by atomic mass is 35.5. The Morgan fingerprint density at radius 3 is 2.21 bits per heavy atom. The van der Waals surface area contributed by atoms with Crippen molar-refractivity contribution in [2.45, 2.75) is 6.92 Å². The highest BCUT2D eigenvalue weighted by molar-refractivity contribution is 6.53. The van der Waals surface area contributed by atoms with Crippen molar-refractivity contribution < 1.29 is 19.1 Å². The second-order valence-corrected chi connectivity index (χ2v) is 7.84. The van der Waals surface area contributed by atoms with Gasteiger partial charge in [-0.15, -0.1) is 0 Å². The molecule has 0 aliphatic carbocycles. The maximum atomic E-state index is 13.0. The molecule has 1 N–H and O–H groups in total. The number of rotatable bonds is 7. The highest BCUT2D eigenvalue weighted by Gasteiger charge is 2.39. The summed E-state index contributed by atoms with van der Waals surface area (Å²) in [6, 6.07) is 22.5. The van der Waals surface area contributed by atoms with Gasteiger partial charge in [-0.1, -0.05) is 29.8 Å². The fourth-order valence-electron chi connectivity index (χ4n) is 3.51. The third-order valence-electron chi connectivity index (χ3n) is 5.28. The predicted molar refractivity (Wildman–Crippen MR) is 132 cm³/mol. The van der Waals surface area contributed by atoms with Crippen LogP contribution in [0.2, 0.25) is 0 Å². The minimum atomic E-state index is -0.616. The van der Waals surface area contributed by atoms with Gasteiger partial charge in [0.05, 0.1) is 12.3 Å². The lowest BCUT2D eigenvalue weighted by Crippen LogP contribution is -2.32. The molecule has 3 amide bonds. The SMILES string of the molecule is CCOc1ccc(N2C(=O)C(Cl)=C(Nc3ccc(C(=O)N(C)c4ccccc4)cc3)C2=O)cc1. The summed E-state index contributed by atoms with van der Waals surface area (Å²) < 4.78 is 5.40. The number of carbonyl (C=O) groups is 3. The molecule has 4 rings (SSSR count). The maximum Gasteiger partial charge on any atom is 0.283 e. The van der Waals surface area contributed by atoms with E-state index in [4.69, 9.17) is 16.3 Å². The molecule has 0 atom stereocenters. The van der Waals surface area contributed by atoms with E-state index in [9.17, 15) is 14.4 Å². The molecular formula is C26H22ClN3O4. The lowest BCUT2D eigenvalue weighted by molar-refractivity contribution is -0.120. The van der Waals surface area contributed by atoms with E-state index in [0.29, 0.717) is 29.3 Å². The summed E-state index contributed by atoms with van der Waals surface area (Å²) in [5, 5.41) is 2.71. The van der Waals surface area contributed by atoms with Crippen LogP contribution in [0.3, 0.4) is 0 Å². The zero-order chi connectivity index (χ0) is 24.2. The summed E-state index contributed by atoms with van der Waals surface area (Å²) in [4.78, 5) is 41.0. The minimum absolute atomic E-state index is 0.0268. The molecule has 1 heterocycles. The third kappa shape index (κ3) is 4.51. The summed E-state index contributed by atoms with van der Waals surface area (Å²) in [5.41, 5.74) is 2.12. The average molecular weight is 476 g/mol. The molecule has 1 aliphatic rings. The van der Waals surface area contributed by atoms with Gasteiger partial charge in [-0.2, -0.15) is 0 Å². The average Bonchev–Trinajstić information content (AvgIpc) is 3.08. The zero-order valence-electron chi connectivity index (χ0n) is 18.6. The van der Waals surface area contributed by atoms with Gasteiger partial charge in [-0.05, 0) is 67.6 Å². The Morgan fingerprint density at radius 2 is 1.59 bits per heavy atom. The van der Waals surface area contributed by atoms with Crippen molar-refractivity contribution in [2.75, 3.05) is 28.8 Å². The van der Waals surface area contributed by atoms with Crippen LogP contribution in [-0.2, 0) is 9.59 Å². The third-order valence-corrected chi connectivity index (χ3v) is 5.63. The number of halogens is 1. The molecule has 0 radical (unpaired) electrons. The monoisotopic (exact) mass is 475 g/mol. The first-order valence-electron chi connectivity index (χ1n) is 10.6. The Kier molecular flexibility index (Phi) is 6.65. The van der Waals surface area contributed by atoms with Crippen LogP contribution in [0.4, 0.5) is 17.1 Å². The number of hydrogen-bond acceptors (Lipinski definition) is 5. The molecular weight excluding hydrogens is 454 g/mol. The van der Waals surface area contributed by atoms with Crippen molar-refractivity contribution >= 4 is 46.4 Å². The molecule has 0 spiro atoms.